The molecule has 4 rings (SSSR count). The molecule has 0 atom stereocenters. The van der Waals surface area contributed by atoms with E-state index in [9.17, 15) is 4.79 Å². The Labute approximate surface area is 160 Å². The van der Waals surface area contributed by atoms with Gasteiger partial charge in [0.25, 0.3) is 0 Å². The van der Waals surface area contributed by atoms with Gasteiger partial charge >= 0.3 is 0 Å². The van der Waals surface area contributed by atoms with Crippen LogP contribution in [0, 0.1) is 0 Å². The van der Waals surface area contributed by atoms with Gasteiger partial charge < -0.3 is 4.90 Å². The summed E-state index contributed by atoms with van der Waals surface area (Å²) in [5, 5.41) is 2.61. The summed E-state index contributed by atoms with van der Waals surface area (Å²) in [5.41, 5.74) is 2.41. The number of piperazine rings is 1. The minimum absolute atomic E-state index is 0.101. The fourth-order valence-corrected chi connectivity index (χ4v) is 3.63. The lowest BCUT2D eigenvalue weighted by molar-refractivity contribution is -0.127. The van der Waals surface area contributed by atoms with Crippen LogP contribution in [0.15, 0.2) is 78.9 Å². The van der Waals surface area contributed by atoms with Crippen molar-refractivity contribution in [2.45, 2.75) is 6.54 Å². The molecule has 1 saturated heterocycles. The van der Waals surface area contributed by atoms with Crippen LogP contribution in [-0.4, -0.2) is 41.9 Å². The van der Waals surface area contributed by atoms with E-state index in [4.69, 9.17) is 0 Å². The second-order valence-electron chi connectivity index (χ2n) is 6.98. The Morgan fingerprint density at radius 3 is 2.33 bits per heavy atom. The predicted molar refractivity (Wildman–Crippen MR) is 111 cm³/mol. The van der Waals surface area contributed by atoms with Crippen LogP contribution in [0.1, 0.15) is 11.1 Å². The van der Waals surface area contributed by atoms with Crippen molar-refractivity contribution in [3.8, 4) is 0 Å². The van der Waals surface area contributed by atoms with Gasteiger partial charge in [0.15, 0.2) is 0 Å². The van der Waals surface area contributed by atoms with Gasteiger partial charge in [-0.05, 0) is 28.0 Å². The van der Waals surface area contributed by atoms with Crippen LogP contribution < -0.4 is 0 Å². The van der Waals surface area contributed by atoms with E-state index in [0.717, 1.165) is 38.3 Å². The maximum atomic E-state index is 12.4. The molecule has 3 heteroatoms. The standard InChI is InChI=1S/C24H24N2O/c27-24(14-13-20-7-2-1-3-8-20)26-17-15-25(16-18-26)19-22-11-6-10-21-9-4-5-12-23(21)22/h1-14H,15-19H2/b14-13+. The van der Waals surface area contributed by atoms with Crippen molar-refractivity contribution in [1.82, 2.24) is 9.80 Å². The minimum atomic E-state index is 0.101. The number of hydrogen-bond donors (Lipinski definition) is 0. The van der Waals surface area contributed by atoms with Gasteiger partial charge in [-0.3, -0.25) is 9.69 Å². The molecule has 1 aliphatic rings. The highest BCUT2D eigenvalue weighted by Crippen LogP contribution is 2.20. The first-order valence-electron chi connectivity index (χ1n) is 9.51. The van der Waals surface area contributed by atoms with Crippen LogP contribution >= 0.6 is 0 Å². The maximum Gasteiger partial charge on any atom is 0.246 e. The smallest absolute Gasteiger partial charge is 0.246 e. The van der Waals surface area contributed by atoms with Crippen LogP contribution in [-0.2, 0) is 11.3 Å². The third-order valence-electron chi connectivity index (χ3n) is 5.18. The Morgan fingerprint density at radius 1 is 0.815 bits per heavy atom. The molecule has 1 heterocycles. The lowest BCUT2D eigenvalue weighted by Crippen LogP contribution is -2.47. The topological polar surface area (TPSA) is 23.6 Å². The monoisotopic (exact) mass is 356 g/mol. The fourth-order valence-electron chi connectivity index (χ4n) is 3.63. The van der Waals surface area contributed by atoms with Crippen molar-refractivity contribution in [3.05, 3.63) is 90.0 Å². The molecular weight excluding hydrogens is 332 g/mol. The van der Waals surface area contributed by atoms with E-state index in [1.165, 1.54) is 16.3 Å². The summed E-state index contributed by atoms with van der Waals surface area (Å²) in [6.45, 7) is 4.32. The summed E-state index contributed by atoms with van der Waals surface area (Å²) in [6, 6.07) is 25.0. The van der Waals surface area contributed by atoms with Gasteiger partial charge in [-0.25, -0.2) is 0 Å². The molecule has 0 bridgehead atoms. The lowest BCUT2D eigenvalue weighted by Gasteiger charge is -2.34. The molecule has 0 radical (unpaired) electrons. The fraction of sp³-hybridized carbons (Fsp3) is 0.208. The second-order valence-corrected chi connectivity index (χ2v) is 6.98. The van der Waals surface area contributed by atoms with E-state index in [0.29, 0.717) is 0 Å². The second kappa shape index (κ2) is 8.19. The van der Waals surface area contributed by atoms with E-state index in [-0.39, 0.29) is 5.91 Å². The molecule has 0 spiro atoms. The van der Waals surface area contributed by atoms with Crippen molar-refractivity contribution in [2.24, 2.45) is 0 Å². The molecule has 1 aliphatic heterocycles. The average Bonchev–Trinajstić information content (AvgIpc) is 2.74. The zero-order valence-electron chi connectivity index (χ0n) is 15.4. The molecule has 3 aromatic rings. The number of nitrogens with zero attached hydrogens (tertiary/aromatic N) is 2. The first-order chi connectivity index (χ1) is 13.3. The highest BCUT2D eigenvalue weighted by molar-refractivity contribution is 5.91. The summed E-state index contributed by atoms with van der Waals surface area (Å²) in [7, 11) is 0. The van der Waals surface area contributed by atoms with Crippen LogP contribution in [0.4, 0.5) is 0 Å². The van der Waals surface area contributed by atoms with Gasteiger partial charge in [0, 0.05) is 38.8 Å². The van der Waals surface area contributed by atoms with Gasteiger partial charge in [0.2, 0.25) is 5.91 Å². The Bertz CT molecular complexity index is 936. The van der Waals surface area contributed by atoms with Crippen LogP contribution in [0.2, 0.25) is 0 Å². The highest BCUT2D eigenvalue weighted by Gasteiger charge is 2.20. The van der Waals surface area contributed by atoms with Gasteiger partial charge in [-0.2, -0.15) is 0 Å². The molecule has 1 fully saturated rings. The zero-order valence-corrected chi connectivity index (χ0v) is 15.4. The molecular formula is C24H24N2O. The Morgan fingerprint density at radius 2 is 1.52 bits per heavy atom. The summed E-state index contributed by atoms with van der Waals surface area (Å²) in [5.74, 6) is 0.101. The SMILES string of the molecule is O=C(/C=C/c1ccccc1)N1CCN(Cc2cccc3ccccc23)CC1. The van der Waals surface area contributed by atoms with E-state index < -0.39 is 0 Å². The van der Waals surface area contributed by atoms with Gasteiger partial charge in [0.05, 0.1) is 0 Å². The number of rotatable bonds is 4. The van der Waals surface area contributed by atoms with Crippen molar-refractivity contribution in [3.63, 3.8) is 0 Å². The van der Waals surface area contributed by atoms with Crippen LogP contribution in [0.5, 0.6) is 0 Å². The molecule has 0 saturated carbocycles. The van der Waals surface area contributed by atoms with E-state index in [2.05, 4.69) is 47.4 Å². The number of benzene rings is 3. The van der Waals surface area contributed by atoms with Crippen molar-refractivity contribution >= 4 is 22.8 Å². The molecule has 0 unspecified atom stereocenters. The third kappa shape index (κ3) is 4.26. The Balaban J connectivity index is 1.35. The summed E-state index contributed by atoms with van der Waals surface area (Å²) in [4.78, 5) is 16.8. The number of carbonyl (C=O) groups excluding carboxylic acids is 1. The molecule has 3 aromatic carbocycles. The molecule has 0 aliphatic carbocycles. The van der Waals surface area contributed by atoms with Crippen molar-refractivity contribution < 1.29 is 4.79 Å². The van der Waals surface area contributed by atoms with Crippen LogP contribution in [0.3, 0.4) is 0 Å². The lowest BCUT2D eigenvalue weighted by atomic mass is 10.0. The average molecular weight is 356 g/mol. The molecule has 0 N–H and O–H groups in total. The van der Waals surface area contributed by atoms with Crippen molar-refractivity contribution in [1.29, 1.82) is 0 Å². The maximum absolute atomic E-state index is 12.4. The van der Waals surface area contributed by atoms with E-state index >= 15 is 0 Å². The zero-order chi connectivity index (χ0) is 18.5. The Kier molecular flexibility index (Phi) is 5.31. The molecule has 27 heavy (non-hydrogen) atoms. The van der Waals surface area contributed by atoms with E-state index in [1.807, 2.05) is 41.3 Å². The third-order valence-corrected chi connectivity index (χ3v) is 5.18. The first kappa shape index (κ1) is 17.5. The first-order valence-corrected chi connectivity index (χ1v) is 9.51. The number of carbonyl (C=O) groups is 1. The molecule has 3 nitrogen and oxygen atoms in total. The number of fused-ring (bicyclic) bond motifs is 1. The molecule has 136 valence electrons. The molecule has 1 amide bonds. The largest absolute Gasteiger partial charge is 0.337 e. The normalized spacial score (nSPS) is 15.5. The van der Waals surface area contributed by atoms with E-state index in [1.54, 1.807) is 6.08 Å². The highest BCUT2D eigenvalue weighted by atomic mass is 16.2. The van der Waals surface area contributed by atoms with Gasteiger partial charge in [-0.15, -0.1) is 0 Å². The number of hydrogen-bond acceptors (Lipinski definition) is 2. The summed E-state index contributed by atoms with van der Waals surface area (Å²) in [6.07, 6.45) is 3.58. The van der Waals surface area contributed by atoms with Crippen LogP contribution in [0.25, 0.3) is 16.8 Å². The van der Waals surface area contributed by atoms with Gasteiger partial charge in [-0.1, -0.05) is 72.8 Å². The van der Waals surface area contributed by atoms with Crippen molar-refractivity contribution in [2.75, 3.05) is 26.2 Å². The summed E-state index contributed by atoms with van der Waals surface area (Å²) < 4.78 is 0. The Hall–Kier alpha value is -2.91. The predicted octanol–water partition coefficient (Wildman–Crippen LogP) is 4.20. The molecule has 0 aromatic heterocycles. The van der Waals surface area contributed by atoms with Gasteiger partial charge in [0.1, 0.15) is 0 Å². The minimum Gasteiger partial charge on any atom is -0.337 e. The quantitative estimate of drug-likeness (QED) is 0.654. The summed E-state index contributed by atoms with van der Waals surface area (Å²) >= 11 is 0. The number of amides is 1.